The number of rotatable bonds is 6. The fraction of sp³-hybridized carbons (Fsp3) is 0.188. The zero-order valence-electron chi connectivity index (χ0n) is 22.1. The second-order valence-electron chi connectivity index (χ2n) is 10.6. The molecular formula is C32H27ClN5O3-. The first-order valence-electron chi connectivity index (χ1n) is 13.6. The molecule has 2 heterocycles. The minimum absolute atomic E-state index is 0.0126. The van der Waals surface area contributed by atoms with Crippen molar-refractivity contribution in [2.24, 2.45) is 11.0 Å². The van der Waals surface area contributed by atoms with Gasteiger partial charge in [0.15, 0.2) is 11.5 Å². The summed E-state index contributed by atoms with van der Waals surface area (Å²) in [5.74, 6) is 1.10. The molecule has 0 saturated heterocycles. The van der Waals surface area contributed by atoms with Crippen molar-refractivity contribution >= 4 is 40.4 Å². The molecule has 4 aromatic rings. The SMILES string of the molecule is O=C1CN2C(c3ccccc3)=NN(c3ccc(N([O-])O)cc3)C2(c2ccccc2)c2cc(Cl)ccc2N1CC1CC1. The van der Waals surface area contributed by atoms with Gasteiger partial charge in [-0.3, -0.25) is 10.0 Å². The van der Waals surface area contributed by atoms with E-state index in [0.29, 0.717) is 29.0 Å². The Morgan fingerprint density at radius 3 is 2.29 bits per heavy atom. The smallest absolute Gasteiger partial charge is 0.246 e. The number of fused-ring (bicyclic) bond motifs is 3. The lowest BCUT2D eigenvalue weighted by atomic mass is 9.87. The van der Waals surface area contributed by atoms with Crippen LogP contribution in [0.3, 0.4) is 0 Å². The maximum atomic E-state index is 14.2. The third kappa shape index (κ3) is 4.23. The number of carbonyl (C=O) groups excluding carboxylic acids is 1. The van der Waals surface area contributed by atoms with Gasteiger partial charge in [-0.2, -0.15) is 5.10 Å². The Labute approximate surface area is 242 Å². The van der Waals surface area contributed by atoms with E-state index in [-0.39, 0.29) is 23.4 Å². The van der Waals surface area contributed by atoms with Crippen LogP contribution in [-0.4, -0.2) is 34.9 Å². The van der Waals surface area contributed by atoms with Gasteiger partial charge < -0.3 is 20.2 Å². The normalized spacial score (nSPS) is 19.9. The van der Waals surface area contributed by atoms with Crippen LogP contribution in [0.5, 0.6) is 0 Å². The second kappa shape index (κ2) is 9.92. The zero-order chi connectivity index (χ0) is 28.1. The maximum absolute atomic E-state index is 14.2. The van der Waals surface area contributed by atoms with Gasteiger partial charge in [0.25, 0.3) is 0 Å². The van der Waals surface area contributed by atoms with E-state index in [1.54, 1.807) is 24.3 Å². The van der Waals surface area contributed by atoms with Gasteiger partial charge in [0.05, 0.1) is 17.1 Å². The molecule has 9 heteroatoms. The van der Waals surface area contributed by atoms with Gasteiger partial charge in [0, 0.05) is 28.3 Å². The number of hydrogen-bond acceptors (Lipinski definition) is 7. The molecule has 1 fully saturated rings. The van der Waals surface area contributed by atoms with E-state index in [2.05, 4.69) is 4.90 Å². The first-order valence-corrected chi connectivity index (χ1v) is 14.0. The number of hydrazone groups is 1. The highest BCUT2D eigenvalue weighted by Gasteiger charge is 2.56. The van der Waals surface area contributed by atoms with Gasteiger partial charge in [-0.05, 0) is 61.2 Å². The van der Waals surface area contributed by atoms with Gasteiger partial charge in [0.1, 0.15) is 6.54 Å². The Hall–Kier alpha value is -4.37. The van der Waals surface area contributed by atoms with Crippen molar-refractivity contribution in [2.75, 3.05) is 28.2 Å². The Balaban J connectivity index is 1.55. The van der Waals surface area contributed by atoms with Crippen molar-refractivity contribution < 1.29 is 10.0 Å². The number of halogens is 1. The predicted molar refractivity (Wildman–Crippen MR) is 160 cm³/mol. The first kappa shape index (κ1) is 25.6. The molecule has 1 saturated carbocycles. The highest BCUT2D eigenvalue weighted by atomic mass is 35.5. The quantitative estimate of drug-likeness (QED) is 0.282. The van der Waals surface area contributed by atoms with Crippen LogP contribution in [0.15, 0.2) is 108 Å². The lowest BCUT2D eigenvalue weighted by Crippen LogP contribution is -2.55. The summed E-state index contributed by atoms with van der Waals surface area (Å²) in [4.78, 5) is 18.2. The lowest BCUT2D eigenvalue weighted by Gasteiger charge is -2.44. The fourth-order valence-electron chi connectivity index (χ4n) is 5.94. The number of hydrogen-bond donors (Lipinski definition) is 1. The van der Waals surface area contributed by atoms with E-state index < -0.39 is 5.66 Å². The third-order valence-electron chi connectivity index (χ3n) is 8.03. The Morgan fingerprint density at radius 2 is 1.63 bits per heavy atom. The van der Waals surface area contributed by atoms with E-state index in [1.807, 2.05) is 88.8 Å². The molecule has 0 aromatic heterocycles. The average molecular weight is 565 g/mol. The van der Waals surface area contributed by atoms with Gasteiger partial charge in [-0.25, -0.2) is 5.01 Å². The Morgan fingerprint density at radius 1 is 0.951 bits per heavy atom. The van der Waals surface area contributed by atoms with Crippen molar-refractivity contribution in [1.82, 2.24) is 4.90 Å². The molecule has 2 aliphatic heterocycles. The molecule has 1 aliphatic carbocycles. The van der Waals surface area contributed by atoms with Crippen LogP contribution in [-0.2, 0) is 10.5 Å². The van der Waals surface area contributed by atoms with E-state index in [9.17, 15) is 15.2 Å². The minimum Gasteiger partial charge on any atom is -0.733 e. The third-order valence-corrected chi connectivity index (χ3v) is 8.26. The average Bonchev–Trinajstić information content (AvgIpc) is 3.78. The van der Waals surface area contributed by atoms with Crippen LogP contribution in [0, 0.1) is 11.1 Å². The lowest BCUT2D eigenvalue weighted by molar-refractivity contribution is -0.119. The summed E-state index contributed by atoms with van der Waals surface area (Å²) in [5, 5.41) is 28.6. The summed E-state index contributed by atoms with van der Waals surface area (Å²) in [6, 6.07) is 32.1. The number of amides is 1. The molecule has 1 N–H and O–H groups in total. The number of carbonyl (C=O) groups is 1. The number of benzene rings is 4. The van der Waals surface area contributed by atoms with Crippen LogP contribution in [0.4, 0.5) is 17.1 Å². The molecule has 41 heavy (non-hydrogen) atoms. The highest BCUT2D eigenvalue weighted by molar-refractivity contribution is 6.30. The molecule has 7 rings (SSSR count). The molecule has 4 aromatic carbocycles. The summed E-state index contributed by atoms with van der Waals surface area (Å²) in [6.07, 6.45) is 2.22. The summed E-state index contributed by atoms with van der Waals surface area (Å²) < 4.78 is 0. The predicted octanol–water partition coefficient (Wildman–Crippen LogP) is 6.18. The van der Waals surface area contributed by atoms with Crippen LogP contribution in [0.25, 0.3) is 0 Å². The molecular weight excluding hydrogens is 538 g/mol. The monoisotopic (exact) mass is 564 g/mol. The van der Waals surface area contributed by atoms with Crippen molar-refractivity contribution in [1.29, 1.82) is 0 Å². The molecule has 0 radical (unpaired) electrons. The van der Waals surface area contributed by atoms with Crippen molar-refractivity contribution in [3.05, 3.63) is 130 Å². The number of nitrogens with zero attached hydrogens (tertiary/aromatic N) is 5. The van der Waals surface area contributed by atoms with E-state index in [1.165, 1.54) is 0 Å². The standard InChI is InChI=1S/C32H27ClN5O3/c33-25-13-18-29-28(19-25)32(24-9-5-2-6-10-24)36(21-30(39)35(29)20-22-11-12-22)31(23-7-3-1-4-8-23)34-37(32)26-14-16-27(17-15-26)38(40)41/h1-10,13-19,22,40H,11-12,20-21H2/q-1. The van der Waals surface area contributed by atoms with Crippen molar-refractivity contribution in [2.45, 2.75) is 18.5 Å². The van der Waals surface area contributed by atoms with Gasteiger partial charge in [-0.15, -0.1) is 0 Å². The van der Waals surface area contributed by atoms with Gasteiger partial charge >= 0.3 is 0 Å². The largest absolute Gasteiger partial charge is 0.733 e. The van der Waals surface area contributed by atoms with Crippen LogP contribution in [0.2, 0.25) is 5.02 Å². The summed E-state index contributed by atoms with van der Waals surface area (Å²) in [6.45, 7) is 0.732. The number of anilines is 3. The van der Waals surface area contributed by atoms with Gasteiger partial charge in [0.2, 0.25) is 5.91 Å². The molecule has 8 nitrogen and oxygen atoms in total. The molecule has 3 aliphatic rings. The Kier molecular flexibility index (Phi) is 6.19. The molecule has 206 valence electrons. The fourth-order valence-corrected chi connectivity index (χ4v) is 6.12. The maximum Gasteiger partial charge on any atom is 0.246 e. The van der Waals surface area contributed by atoms with Gasteiger partial charge in [-0.1, -0.05) is 72.3 Å². The zero-order valence-corrected chi connectivity index (χ0v) is 22.9. The van der Waals surface area contributed by atoms with Crippen LogP contribution in [0.1, 0.15) is 29.5 Å². The second-order valence-corrected chi connectivity index (χ2v) is 11.1. The van der Waals surface area contributed by atoms with Crippen molar-refractivity contribution in [3.8, 4) is 0 Å². The molecule has 1 amide bonds. The molecule has 1 atom stereocenters. The number of amidine groups is 1. The first-order chi connectivity index (χ1) is 20.0. The summed E-state index contributed by atoms with van der Waals surface area (Å²) in [5.41, 5.74) is 3.05. The molecule has 1 unspecified atom stereocenters. The summed E-state index contributed by atoms with van der Waals surface area (Å²) in [7, 11) is 0. The van der Waals surface area contributed by atoms with E-state index in [0.717, 1.165) is 35.2 Å². The topological polar surface area (TPSA) is 85.7 Å². The van der Waals surface area contributed by atoms with Crippen LogP contribution >= 0.6 is 11.6 Å². The van der Waals surface area contributed by atoms with E-state index >= 15 is 0 Å². The summed E-state index contributed by atoms with van der Waals surface area (Å²) >= 11 is 6.73. The van der Waals surface area contributed by atoms with Crippen LogP contribution < -0.4 is 15.1 Å². The van der Waals surface area contributed by atoms with E-state index in [4.69, 9.17) is 16.7 Å². The van der Waals surface area contributed by atoms with Crippen molar-refractivity contribution in [3.63, 3.8) is 0 Å². The minimum atomic E-state index is -1.10. The molecule has 0 bridgehead atoms. The highest BCUT2D eigenvalue weighted by Crippen LogP contribution is 2.52. The Bertz CT molecular complexity index is 1630. The molecule has 0 spiro atoms.